The Morgan fingerprint density at radius 2 is 1.10 bits per heavy atom. The third-order valence-electron chi connectivity index (χ3n) is 3.02. The second-order valence-corrected chi connectivity index (χ2v) is 4.07. The molecule has 0 aromatic carbocycles. The van der Waals surface area contributed by atoms with Gasteiger partial charge in [0.2, 0.25) is 0 Å². The zero-order chi connectivity index (χ0) is 16.0. The predicted molar refractivity (Wildman–Crippen MR) is 58.1 cm³/mol. The smallest absolute Gasteiger partial charge is 0.328 e. The van der Waals surface area contributed by atoms with Crippen molar-refractivity contribution in [2.45, 2.75) is 11.2 Å². The van der Waals surface area contributed by atoms with Crippen molar-refractivity contribution in [3.8, 4) is 0 Å². The third kappa shape index (κ3) is 1.63. The van der Waals surface area contributed by atoms with Crippen LogP contribution in [-0.2, 0) is 23.9 Å². The number of barbiturate groups is 2. The highest BCUT2D eigenvalue weighted by Crippen LogP contribution is 2.31. The van der Waals surface area contributed by atoms with Crippen LogP contribution in [0, 0.1) is 0 Å². The molecule has 0 aromatic heterocycles. The average Bonchev–Trinajstić information content (AvgIpc) is 2.36. The van der Waals surface area contributed by atoms with E-state index < -0.39 is 46.9 Å². The highest BCUT2D eigenvalue weighted by atomic mass is 16.5. The quantitative estimate of drug-likeness (QED) is 0.318. The molecule has 5 N–H and O–H groups in total. The zero-order valence-corrected chi connectivity index (χ0v) is 10.3. The first kappa shape index (κ1) is 14.5. The van der Waals surface area contributed by atoms with E-state index in [1.165, 1.54) is 10.6 Å². The lowest BCUT2D eigenvalue weighted by atomic mass is 9.77. The Bertz CT molecular complexity index is 571. The molecule has 2 aliphatic heterocycles. The van der Waals surface area contributed by atoms with Gasteiger partial charge in [0.25, 0.3) is 34.8 Å². The maximum absolute atomic E-state index is 11.9. The Kier molecular flexibility index (Phi) is 2.99. The van der Waals surface area contributed by atoms with Crippen molar-refractivity contribution in [2.24, 2.45) is 0 Å². The maximum atomic E-state index is 11.9. The van der Waals surface area contributed by atoms with Crippen molar-refractivity contribution in [1.29, 1.82) is 0 Å². The summed E-state index contributed by atoms with van der Waals surface area (Å²) in [4.78, 5) is 69.5. The first-order valence-electron chi connectivity index (χ1n) is 5.31. The number of amides is 8. The summed E-state index contributed by atoms with van der Waals surface area (Å²) < 4.78 is 4.61. The topological polar surface area (TPSA) is 180 Å². The van der Waals surface area contributed by atoms with Gasteiger partial charge in [0, 0.05) is 7.11 Å². The molecule has 0 saturated carbocycles. The molecule has 21 heavy (non-hydrogen) atoms. The van der Waals surface area contributed by atoms with Crippen LogP contribution in [0.2, 0.25) is 0 Å². The predicted octanol–water partition coefficient (Wildman–Crippen LogP) is -4.17. The first-order chi connectivity index (χ1) is 9.70. The van der Waals surface area contributed by atoms with Crippen molar-refractivity contribution in [2.75, 3.05) is 7.11 Å². The van der Waals surface area contributed by atoms with Gasteiger partial charge in [0.05, 0.1) is 0 Å². The fourth-order valence-electron chi connectivity index (χ4n) is 2.02. The highest BCUT2D eigenvalue weighted by Gasteiger charge is 2.73. The van der Waals surface area contributed by atoms with E-state index in [0.29, 0.717) is 0 Å². The summed E-state index contributed by atoms with van der Waals surface area (Å²) >= 11 is 0. The van der Waals surface area contributed by atoms with Crippen LogP contribution in [0.1, 0.15) is 0 Å². The number of imide groups is 4. The maximum Gasteiger partial charge on any atom is 0.328 e. The normalized spacial score (nSPS) is 23.9. The van der Waals surface area contributed by atoms with Gasteiger partial charge in [0.1, 0.15) is 0 Å². The Balaban J connectivity index is 2.63. The summed E-state index contributed by atoms with van der Waals surface area (Å²) in [5, 5.41) is 16.5. The van der Waals surface area contributed by atoms with Crippen molar-refractivity contribution in [1.82, 2.24) is 21.3 Å². The minimum Gasteiger partial charge on any atom is -0.369 e. The van der Waals surface area contributed by atoms with E-state index in [1.807, 2.05) is 0 Å². The number of nitrogens with one attached hydrogen (secondary N) is 4. The SMILES string of the molecule is COC1(C2(O)C(=O)NC(=O)NC2=O)C(=O)NC(=O)NC1=O. The van der Waals surface area contributed by atoms with Gasteiger partial charge in [-0.15, -0.1) is 0 Å². The van der Waals surface area contributed by atoms with Crippen LogP contribution in [-0.4, -0.2) is 59.1 Å². The van der Waals surface area contributed by atoms with Crippen molar-refractivity contribution >= 4 is 35.7 Å². The van der Waals surface area contributed by atoms with Crippen LogP contribution in [0.25, 0.3) is 0 Å². The molecule has 0 aliphatic carbocycles. The van der Waals surface area contributed by atoms with Gasteiger partial charge < -0.3 is 9.84 Å². The zero-order valence-electron chi connectivity index (χ0n) is 10.3. The van der Waals surface area contributed by atoms with Gasteiger partial charge in [-0.1, -0.05) is 0 Å². The molecular weight excluding hydrogens is 292 g/mol. The number of urea groups is 2. The van der Waals surface area contributed by atoms with E-state index in [1.54, 1.807) is 10.6 Å². The van der Waals surface area contributed by atoms with Gasteiger partial charge in [-0.25, -0.2) is 9.59 Å². The number of aliphatic hydroxyl groups is 1. The van der Waals surface area contributed by atoms with E-state index in [0.717, 1.165) is 7.11 Å². The lowest BCUT2D eigenvalue weighted by Crippen LogP contribution is -2.84. The molecule has 0 atom stereocenters. The molecule has 112 valence electrons. The average molecular weight is 300 g/mol. The van der Waals surface area contributed by atoms with E-state index in [9.17, 15) is 33.9 Å². The molecule has 0 radical (unpaired) electrons. The van der Waals surface area contributed by atoms with Gasteiger partial charge in [0.15, 0.2) is 0 Å². The van der Waals surface area contributed by atoms with E-state index >= 15 is 0 Å². The molecule has 12 heteroatoms. The Morgan fingerprint density at radius 1 is 0.762 bits per heavy atom. The second kappa shape index (κ2) is 4.32. The van der Waals surface area contributed by atoms with Crippen LogP contribution in [0.3, 0.4) is 0 Å². The van der Waals surface area contributed by atoms with E-state index in [4.69, 9.17) is 0 Å². The Labute approximate surface area is 115 Å². The minimum absolute atomic E-state index is 0.754. The van der Waals surface area contributed by atoms with Crippen LogP contribution >= 0.6 is 0 Å². The van der Waals surface area contributed by atoms with Crippen molar-refractivity contribution in [3.63, 3.8) is 0 Å². The Hall–Kier alpha value is -2.86. The van der Waals surface area contributed by atoms with Crippen LogP contribution in [0.15, 0.2) is 0 Å². The molecule has 8 amide bonds. The molecule has 2 saturated heterocycles. The monoisotopic (exact) mass is 300 g/mol. The number of hydrogen-bond acceptors (Lipinski definition) is 8. The molecule has 2 heterocycles. The fraction of sp³-hybridized carbons (Fsp3) is 0.333. The van der Waals surface area contributed by atoms with E-state index in [2.05, 4.69) is 4.74 Å². The number of ether oxygens (including phenoxy) is 1. The van der Waals surface area contributed by atoms with E-state index in [-0.39, 0.29) is 0 Å². The minimum atomic E-state index is -3.40. The lowest BCUT2D eigenvalue weighted by Gasteiger charge is -2.43. The van der Waals surface area contributed by atoms with Crippen LogP contribution in [0.4, 0.5) is 9.59 Å². The van der Waals surface area contributed by atoms with Crippen LogP contribution in [0.5, 0.6) is 0 Å². The standard InChI is InChI=1S/C9H8N4O8/c1-21-9(4(16)12-7(19)13-5(9)17)8(20)2(14)10-6(18)11-3(8)15/h20H,1H3,(H2,10,11,14,15,18)(H2,12,13,16,17,19). The first-order valence-corrected chi connectivity index (χ1v) is 5.31. The summed E-state index contributed by atoms with van der Waals surface area (Å²) in [7, 11) is 0.754. The van der Waals surface area contributed by atoms with Gasteiger partial charge in [-0.3, -0.25) is 40.4 Å². The molecule has 2 aliphatic rings. The largest absolute Gasteiger partial charge is 0.369 e. The third-order valence-corrected chi connectivity index (χ3v) is 3.02. The molecule has 0 unspecified atom stereocenters. The molecule has 0 bridgehead atoms. The van der Waals surface area contributed by atoms with Gasteiger partial charge in [-0.2, -0.15) is 0 Å². The molecule has 12 nitrogen and oxygen atoms in total. The number of methoxy groups -OCH3 is 1. The van der Waals surface area contributed by atoms with Crippen molar-refractivity contribution < 1.29 is 38.6 Å². The highest BCUT2D eigenvalue weighted by molar-refractivity contribution is 6.33. The van der Waals surface area contributed by atoms with Crippen molar-refractivity contribution in [3.05, 3.63) is 0 Å². The summed E-state index contributed by atoms with van der Waals surface area (Å²) in [6, 6.07) is -2.48. The van der Waals surface area contributed by atoms with Gasteiger partial charge in [-0.05, 0) is 0 Å². The summed E-state index contributed by atoms with van der Waals surface area (Å²) in [6.07, 6.45) is 0. The number of hydrogen-bond donors (Lipinski definition) is 5. The molecule has 2 fully saturated rings. The fourth-order valence-corrected chi connectivity index (χ4v) is 2.02. The summed E-state index contributed by atoms with van der Waals surface area (Å²) in [5.74, 6) is -6.39. The number of carbonyl (C=O) groups excluding carboxylic acids is 6. The number of carbonyl (C=O) groups is 6. The van der Waals surface area contributed by atoms with Gasteiger partial charge >= 0.3 is 12.1 Å². The molecule has 0 spiro atoms. The molecular formula is C9H8N4O8. The lowest BCUT2D eigenvalue weighted by molar-refractivity contribution is -0.200. The molecule has 2 rings (SSSR count). The second-order valence-electron chi connectivity index (χ2n) is 4.07. The summed E-state index contributed by atoms with van der Waals surface area (Å²) in [5.41, 5.74) is -6.49. The van der Waals surface area contributed by atoms with Crippen LogP contribution < -0.4 is 21.3 Å². The Morgan fingerprint density at radius 3 is 1.43 bits per heavy atom. The summed E-state index contributed by atoms with van der Waals surface area (Å²) in [6.45, 7) is 0. The molecule has 0 aromatic rings. The number of rotatable bonds is 2.